The maximum atomic E-state index is 13.2. The van der Waals surface area contributed by atoms with Crippen LogP contribution in [0.2, 0.25) is 0 Å². The fourth-order valence-electron chi connectivity index (χ4n) is 3.76. The van der Waals surface area contributed by atoms with E-state index in [1.165, 1.54) is 4.90 Å². The van der Waals surface area contributed by atoms with Crippen molar-refractivity contribution in [3.05, 3.63) is 64.4 Å². The average molecular weight is 424 g/mol. The second kappa shape index (κ2) is 8.84. The van der Waals surface area contributed by atoms with Crippen molar-refractivity contribution in [2.45, 2.75) is 40.7 Å². The van der Waals surface area contributed by atoms with Crippen LogP contribution in [-0.2, 0) is 9.59 Å². The maximum absolute atomic E-state index is 13.2. The topological polar surface area (TPSA) is 76.1 Å². The second-order valence-electron chi connectivity index (χ2n) is 7.97. The van der Waals surface area contributed by atoms with Crippen molar-refractivity contribution in [1.29, 1.82) is 0 Å². The Morgan fingerprint density at radius 1 is 1.10 bits per heavy atom. The van der Waals surface area contributed by atoms with Crippen LogP contribution in [0.25, 0.3) is 0 Å². The second-order valence-corrected chi connectivity index (χ2v) is 7.97. The lowest BCUT2D eigenvalue weighted by Gasteiger charge is -2.28. The molecule has 1 aliphatic rings. The third-order valence-corrected chi connectivity index (χ3v) is 5.57. The van der Waals surface area contributed by atoms with Gasteiger partial charge in [0, 0.05) is 11.6 Å². The first-order chi connectivity index (χ1) is 14.7. The smallest absolute Gasteiger partial charge is 0.294 e. The number of carbonyl (C=O) groups is 2. The van der Waals surface area contributed by atoms with Crippen LogP contribution in [-0.4, -0.2) is 30.5 Å². The predicted octanol–water partition coefficient (Wildman–Crippen LogP) is 4.84. The molecule has 0 bridgehead atoms. The first-order valence-corrected chi connectivity index (χ1v) is 10.4. The summed E-state index contributed by atoms with van der Waals surface area (Å²) < 4.78 is 11.1. The monoisotopic (exact) mass is 423 g/mol. The zero-order chi connectivity index (χ0) is 22.9. The highest BCUT2D eigenvalue weighted by Gasteiger charge is 2.45. The molecule has 1 heterocycles. The van der Waals surface area contributed by atoms with E-state index in [4.69, 9.17) is 9.47 Å². The van der Waals surface area contributed by atoms with Gasteiger partial charge in [-0.3, -0.25) is 14.5 Å². The van der Waals surface area contributed by atoms with Gasteiger partial charge in [0.15, 0.2) is 23.0 Å². The molecule has 1 aliphatic heterocycles. The summed E-state index contributed by atoms with van der Waals surface area (Å²) in [5.41, 5.74) is 3.47. The normalized spacial score (nSPS) is 16.3. The lowest BCUT2D eigenvalue weighted by atomic mass is 9.91. The first-order valence-electron chi connectivity index (χ1n) is 10.4. The highest BCUT2D eigenvalue weighted by molar-refractivity contribution is 6.16. The molecule has 1 atom stereocenters. The molecule has 0 aromatic heterocycles. The van der Waals surface area contributed by atoms with E-state index in [0.29, 0.717) is 29.4 Å². The number of rotatable bonds is 7. The molecule has 31 heavy (non-hydrogen) atoms. The van der Waals surface area contributed by atoms with Crippen molar-refractivity contribution in [1.82, 2.24) is 0 Å². The number of aryl methyl sites for hydroxylation is 2. The number of aliphatic hydroxyl groups is 1. The van der Waals surface area contributed by atoms with E-state index in [2.05, 4.69) is 0 Å². The molecule has 6 nitrogen and oxygen atoms in total. The van der Waals surface area contributed by atoms with E-state index in [1.54, 1.807) is 39.2 Å². The quantitative estimate of drug-likeness (QED) is 0.690. The Morgan fingerprint density at radius 2 is 1.81 bits per heavy atom. The first kappa shape index (κ1) is 22.4. The molecule has 1 amide bonds. The lowest BCUT2D eigenvalue weighted by Crippen LogP contribution is -2.31. The summed E-state index contributed by atoms with van der Waals surface area (Å²) in [5.74, 6) is -0.676. The molecule has 0 fully saturated rings. The highest BCUT2D eigenvalue weighted by atomic mass is 16.5. The number of methoxy groups -OCH3 is 1. The van der Waals surface area contributed by atoms with E-state index < -0.39 is 17.7 Å². The van der Waals surface area contributed by atoms with E-state index in [9.17, 15) is 14.7 Å². The molecular formula is C25H29NO5. The Kier molecular flexibility index (Phi) is 6.39. The van der Waals surface area contributed by atoms with Crippen molar-refractivity contribution in [2.75, 3.05) is 18.6 Å². The van der Waals surface area contributed by atoms with E-state index >= 15 is 0 Å². The molecule has 0 spiro atoms. The molecule has 2 aromatic carbocycles. The number of Topliss-reactive ketones (excluding diaryl/α,β-unsaturated/α-hetero) is 1. The van der Waals surface area contributed by atoms with Gasteiger partial charge in [0.25, 0.3) is 5.91 Å². The van der Waals surface area contributed by atoms with Gasteiger partial charge >= 0.3 is 0 Å². The molecule has 0 saturated carbocycles. The summed E-state index contributed by atoms with van der Waals surface area (Å²) in [7, 11) is 1.55. The minimum Gasteiger partial charge on any atom is -0.503 e. The fourth-order valence-corrected chi connectivity index (χ4v) is 3.76. The number of nitrogens with zero attached hydrogens (tertiary/aromatic N) is 1. The Balaban J connectivity index is 2.22. The molecule has 2 aromatic rings. The molecule has 0 aliphatic carbocycles. The molecule has 0 radical (unpaired) electrons. The molecule has 3 rings (SSSR count). The molecular weight excluding hydrogens is 394 g/mol. The Bertz CT molecular complexity index is 1050. The van der Waals surface area contributed by atoms with E-state index in [-0.39, 0.29) is 17.3 Å². The number of ketones is 1. The summed E-state index contributed by atoms with van der Waals surface area (Å²) in [6.07, 6.45) is 0. The number of anilines is 1. The van der Waals surface area contributed by atoms with E-state index in [1.807, 2.05) is 39.0 Å². The van der Waals surface area contributed by atoms with Gasteiger partial charge in [0.2, 0.25) is 0 Å². The van der Waals surface area contributed by atoms with Crippen LogP contribution in [0.15, 0.2) is 47.7 Å². The average Bonchev–Trinajstić information content (AvgIpc) is 3.00. The van der Waals surface area contributed by atoms with Gasteiger partial charge in [-0.2, -0.15) is 0 Å². The van der Waals surface area contributed by atoms with E-state index in [0.717, 1.165) is 11.1 Å². The van der Waals surface area contributed by atoms with Gasteiger partial charge in [0.1, 0.15) is 0 Å². The minimum absolute atomic E-state index is 0.103. The summed E-state index contributed by atoms with van der Waals surface area (Å²) in [5, 5.41) is 10.7. The number of amides is 1. The lowest BCUT2D eigenvalue weighted by molar-refractivity contribution is -0.119. The SMILES string of the molecule is CCOc1cc(C2C(C(=O)C(C)C)=C(O)C(=O)N2c2ccc(C)c(C)c2)ccc1OC. The number of hydrogen-bond donors (Lipinski definition) is 1. The number of ether oxygens (including phenoxy) is 2. The van der Waals surface area contributed by atoms with Gasteiger partial charge in [0.05, 0.1) is 25.3 Å². The third kappa shape index (κ3) is 4.02. The zero-order valence-electron chi connectivity index (χ0n) is 18.9. The Labute approximate surface area is 183 Å². The fraction of sp³-hybridized carbons (Fsp3) is 0.360. The van der Waals surface area contributed by atoms with Crippen LogP contribution < -0.4 is 14.4 Å². The standard InChI is InChI=1S/C25H29NO5/c1-7-31-20-13-17(9-11-19(20)30-6)22-21(23(27)14(2)3)24(28)25(29)26(22)18-10-8-15(4)16(5)12-18/h8-14,22,28H,7H2,1-6H3. The third-order valence-electron chi connectivity index (χ3n) is 5.57. The minimum atomic E-state index is -0.769. The largest absolute Gasteiger partial charge is 0.503 e. The van der Waals surface area contributed by atoms with Crippen LogP contribution in [0.5, 0.6) is 11.5 Å². The summed E-state index contributed by atoms with van der Waals surface area (Å²) in [6, 6.07) is 10.2. The Hall–Kier alpha value is -3.28. The summed E-state index contributed by atoms with van der Waals surface area (Å²) >= 11 is 0. The van der Waals surface area contributed by atoms with Crippen molar-refractivity contribution >= 4 is 17.4 Å². The molecule has 1 N–H and O–H groups in total. The van der Waals surface area contributed by atoms with Gasteiger partial charge in [-0.1, -0.05) is 26.0 Å². The molecule has 6 heteroatoms. The van der Waals surface area contributed by atoms with Crippen molar-refractivity contribution in [3.8, 4) is 11.5 Å². The van der Waals surface area contributed by atoms with Crippen molar-refractivity contribution in [3.63, 3.8) is 0 Å². The van der Waals surface area contributed by atoms with Crippen molar-refractivity contribution < 1.29 is 24.2 Å². The Morgan fingerprint density at radius 3 is 2.39 bits per heavy atom. The maximum Gasteiger partial charge on any atom is 0.294 e. The van der Waals surface area contributed by atoms with Crippen LogP contribution >= 0.6 is 0 Å². The number of carbonyl (C=O) groups excluding carboxylic acids is 2. The van der Waals surface area contributed by atoms with Crippen molar-refractivity contribution in [2.24, 2.45) is 5.92 Å². The van der Waals surface area contributed by atoms with Gasteiger partial charge in [-0.15, -0.1) is 0 Å². The van der Waals surface area contributed by atoms with Crippen LogP contribution in [0.1, 0.15) is 43.5 Å². The number of benzene rings is 2. The molecule has 1 unspecified atom stereocenters. The molecule has 164 valence electrons. The van der Waals surface area contributed by atoms with Crippen LogP contribution in [0.3, 0.4) is 0 Å². The van der Waals surface area contributed by atoms with Crippen LogP contribution in [0, 0.1) is 19.8 Å². The van der Waals surface area contributed by atoms with Crippen LogP contribution in [0.4, 0.5) is 5.69 Å². The number of hydrogen-bond acceptors (Lipinski definition) is 5. The van der Waals surface area contributed by atoms with Gasteiger partial charge in [-0.05, 0) is 61.7 Å². The number of aliphatic hydroxyl groups excluding tert-OH is 1. The molecule has 0 saturated heterocycles. The highest BCUT2D eigenvalue weighted by Crippen LogP contribution is 2.44. The van der Waals surface area contributed by atoms with Gasteiger partial charge < -0.3 is 14.6 Å². The zero-order valence-corrected chi connectivity index (χ0v) is 18.9. The van der Waals surface area contributed by atoms with Gasteiger partial charge in [-0.25, -0.2) is 0 Å². The summed E-state index contributed by atoms with van der Waals surface area (Å²) in [4.78, 5) is 27.7. The summed E-state index contributed by atoms with van der Waals surface area (Å²) in [6.45, 7) is 9.76. The predicted molar refractivity (Wildman–Crippen MR) is 120 cm³/mol.